The lowest BCUT2D eigenvalue weighted by Gasteiger charge is -2.17. The fraction of sp³-hybridized carbons (Fsp3) is 0.857. The number of oxime groups is 1. The van der Waals surface area contributed by atoms with Crippen molar-refractivity contribution in [2.24, 2.45) is 5.16 Å². The molecule has 0 bridgehead atoms. The predicted octanol–water partition coefficient (Wildman–Crippen LogP) is 1.91. The summed E-state index contributed by atoms with van der Waals surface area (Å²) in [6.45, 7) is 5.00. The minimum absolute atomic E-state index is 0.279. The molecule has 0 aromatic heterocycles. The van der Waals surface area contributed by atoms with E-state index < -0.39 is 13.0 Å². The van der Waals surface area contributed by atoms with Crippen LogP contribution in [0.3, 0.4) is 0 Å². The van der Waals surface area contributed by atoms with Crippen LogP contribution >= 0.6 is 7.37 Å². The zero-order chi connectivity index (χ0) is 9.78. The predicted molar refractivity (Wildman–Crippen MR) is 49.3 cm³/mol. The highest BCUT2D eigenvalue weighted by atomic mass is 31.2. The van der Waals surface area contributed by atoms with E-state index >= 15 is 0 Å². The Balaban J connectivity index is 4.45. The molecule has 0 aromatic rings. The van der Waals surface area contributed by atoms with Crippen molar-refractivity contribution >= 4 is 13.1 Å². The number of hydrogen-bond donors (Lipinski definition) is 2. The van der Waals surface area contributed by atoms with Crippen LogP contribution in [0.15, 0.2) is 5.16 Å². The Morgan fingerprint density at radius 2 is 2.17 bits per heavy atom. The van der Waals surface area contributed by atoms with Gasteiger partial charge in [-0.25, -0.2) is 0 Å². The fourth-order valence-corrected chi connectivity index (χ4v) is 2.55. The molecule has 0 saturated heterocycles. The maximum Gasteiger partial charge on any atom is 0.208 e. The molecule has 0 aromatic carbocycles. The molecule has 0 amide bonds. The summed E-state index contributed by atoms with van der Waals surface area (Å²) in [5, 5.41) is 11.3. The maximum absolute atomic E-state index is 11.5. The highest BCUT2D eigenvalue weighted by Crippen LogP contribution is 2.46. The van der Waals surface area contributed by atoms with Crippen molar-refractivity contribution in [3.8, 4) is 0 Å². The van der Waals surface area contributed by atoms with Gasteiger partial charge in [-0.2, -0.15) is 0 Å². The molecular formula is C7H16NO3P. The average molecular weight is 193 g/mol. The third kappa shape index (κ3) is 2.95. The van der Waals surface area contributed by atoms with Gasteiger partial charge in [-0.3, -0.25) is 4.57 Å². The molecule has 0 heterocycles. The van der Waals surface area contributed by atoms with Crippen molar-refractivity contribution in [3.05, 3.63) is 0 Å². The lowest BCUT2D eigenvalue weighted by atomic mass is 10.3. The van der Waals surface area contributed by atoms with E-state index in [1.54, 1.807) is 13.8 Å². The van der Waals surface area contributed by atoms with Crippen LogP contribution in [-0.2, 0) is 4.57 Å². The molecule has 0 saturated carbocycles. The van der Waals surface area contributed by atoms with Gasteiger partial charge in [0.2, 0.25) is 7.37 Å². The molecule has 0 aliphatic carbocycles. The first-order valence-corrected chi connectivity index (χ1v) is 5.87. The summed E-state index contributed by atoms with van der Waals surface area (Å²) < 4.78 is 11.5. The summed E-state index contributed by atoms with van der Waals surface area (Å²) >= 11 is 0. The summed E-state index contributed by atoms with van der Waals surface area (Å²) in [6, 6.07) is 0. The van der Waals surface area contributed by atoms with E-state index in [1.165, 1.54) is 0 Å². The molecule has 0 fully saturated rings. The monoisotopic (exact) mass is 193 g/mol. The quantitative estimate of drug-likeness (QED) is 0.310. The lowest BCUT2D eigenvalue weighted by Crippen LogP contribution is -2.15. The Morgan fingerprint density at radius 1 is 1.67 bits per heavy atom. The van der Waals surface area contributed by atoms with Gasteiger partial charge in [-0.1, -0.05) is 12.1 Å². The fourth-order valence-electron chi connectivity index (χ4n) is 0.890. The van der Waals surface area contributed by atoms with Gasteiger partial charge in [-0.05, 0) is 20.3 Å². The van der Waals surface area contributed by atoms with Crippen LogP contribution in [-0.4, -0.2) is 27.6 Å². The number of rotatable bonds is 4. The Labute approximate surface area is 72.7 Å². The SMILES string of the molecule is CCCP(=O)(O)C(C)C(C)=NO. The standard InChI is InChI=1S/C7H16NO3P/c1-4-5-12(10,11)7(3)6(2)8-9/h7,9H,4-5H2,1-3H3,(H,10,11). The van der Waals surface area contributed by atoms with E-state index in [9.17, 15) is 9.46 Å². The van der Waals surface area contributed by atoms with Crippen molar-refractivity contribution < 1.29 is 14.7 Å². The van der Waals surface area contributed by atoms with E-state index in [0.29, 0.717) is 12.1 Å². The summed E-state index contributed by atoms with van der Waals surface area (Å²) in [5.41, 5.74) is -0.225. The lowest BCUT2D eigenvalue weighted by molar-refractivity contribution is 0.317. The minimum atomic E-state index is -3.15. The number of nitrogens with zero attached hydrogens (tertiary/aromatic N) is 1. The second-order valence-corrected chi connectivity index (χ2v) is 5.63. The second kappa shape index (κ2) is 4.63. The van der Waals surface area contributed by atoms with Crippen LogP contribution < -0.4 is 0 Å². The molecule has 2 atom stereocenters. The molecule has 5 heteroatoms. The first kappa shape index (κ1) is 11.7. The third-order valence-electron chi connectivity index (χ3n) is 1.91. The molecule has 0 rings (SSSR count). The Hall–Kier alpha value is -0.340. The van der Waals surface area contributed by atoms with Gasteiger partial charge in [0.25, 0.3) is 0 Å². The van der Waals surface area contributed by atoms with Crippen LogP contribution in [0.4, 0.5) is 0 Å². The third-order valence-corrected chi connectivity index (χ3v) is 4.58. The van der Waals surface area contributed by atoms with Gasteiger partial charge < -0.3 is 10.1 Å². The van der Waals surface area contributed by atoms with Crippen molar-refractivity contribution in [2.45, 2.75) is 32.9 Å². The molecule has 0 aliphatic heterocycles. The summed E-state index contributed by atoms with van der Waals surface area (Å²) in [4.78, 5) is 9.45. The molecule has 2 N–H and O–H groups in total. The van der Waals surface area contributed by atoms with Gasteiger partial charge in [0.05, 0.1) is 11.4 Å². The van der Waals surface area contributed by atoms with Gasteiger partial charge in [0, 0.05) is 6.16 Å². The molecular weight excluding hydrogens is 177 g/mol. The Bertz CT molecular complexity index is 215. The maximum atomic E-state index is 11.5. The van der Waals surface area contributed by atoms with Gasteiger partial charge in [-0.15, -0.1) is 0 Å². The smallest absolute Gasteiger partial charge is 0.208 e. The van der Waals surface area contributed by atoms with Crippen LogP contribution in [0.5, 0.6) is 0 Å². The van der Waals surface area contributed by atoms with Crippen molar-refractivity contribution in [1.82, 2.24) is 0 Å². The van der Waals surface area contributed by atoms with Crippen LogP contribution in [0.25, 0.3) is 0 Å². The Kier molecular flexibility index (Phi) is 4.50. The first-order valence-electron chi connectivity index (χ1n) is 3.95. The topological polar surface area (TPSA) is 69.9 Å². The van der Waals surface area contributed by atoms with Gasteiger partial charge >= 0.3 is 0 Å². The van der Waals surface area contributed by atoms with E-state index in [0.717, 1.165) is 0 Å². The zero-order valence-corrected chi connectivity index (χ0v) is 8.58. The average Bonchev–Trinajstić information content (AvgIpc) is 2.01. The van der Waals surface area contributed by atoms with Crippen molar-refractivity contribution in [3.63, 3.8) is 0 Å². The van der Waals surface area contributed by atoms with E-state index in [4.69, 9.17) is 5.21 Å². The van der Waals surface area contributed by atoms with E-state index in [1.807, 2.05) is 6.92 Å². The molecule has 0 aliphatic rings. The van der Waals surface area contributed by atoms with Crippen LogP contribution in [0.1, 0.15) is 27.2 Å². The molecule has 72 valence electrons. The van der Waals surface area contributed by atoms with E-state index in [2.05, 4.69) is 5.16 Å². The molecule has 0 spiro atoms. The van der Waals surface area contributed by atoms with E-state index in [-0.39, 0.29) is 6.16 Å². The molecule has 4 nitrogen and oxygen atoms in total. The molecule has 0 radical (unpaired) electrons. The van der Waals surface area contributed by atoms with Gasteiger partial charge in [0.15, 0.2) is 0 Å². The van der Waals surface area contributed by atoms with Crippen molar-refractivity contribution in [2.75, 3.05) is 6.16 Å². The molecule has 2 unspecified atom stereocenters. The summed E-state index contributed by atoms with van der Waals surface area (Å²) in [7, 11) is -3.15. The normalized spacial score (nSPS) is 20.2. The highest BCUT2D eigenvalue weighted by molar-refractivity contribution is 7.59. The van der Waals surface area contributed by atoms with Crippen molar-refractivity contribution in [1.29, 1.82) is 0 Å². The van der Waals surface area contributed by atoms with Gasteiger partial charge in [0.1, 0.15) is 0 Å². The van der Waals surface area contributed by atoms with Crippen LogP contribution in [0.2, 0.25) is 0 Å². The molecule has 12 heavy (non-hydrogen) atoms. The minimum Gasteiger partial charge on any atom is -0.411 e. The largest absolute Gasteiger partial charge is 0.411 e. The zero-order valence-electron chi connectivity index (χ0n) is 7.69. The number of hydrogen-bond acceptors (Lipinski definition) is 3. The highest BCUT2D eigenvalue weighted by Gasteiger charge is 2.28. The summed E-state index contributed by atoms with van der Waals surface area (Å²) in [5.74, 6) is 0. The Morgan fingerprint density at radius 3 is 2.50 bits per heavy atom. The summed E-state index contributed by atoms with van der Waals surface area (Å²) in [6.07, 6.45) is 0.942. The first-order chi connectivity index (χ1) is 5.45. The van der Waals surface area contributed by atoms with Crippen LogP contribution in [0, 0.1) is 0 Å². The second-order valence-electron chi connectivity index (χ2n) is 2.90.